The number of fused-ring (bicyclic) bond motifs is 1. The van der Waals surface area contributed by atoms with Crippen LogP contribution in [0.15, 0.2) is 24.4 Å². The van der Waals surface area contributed by atoms with Crippen molar-refractivity contribution in [3.63, 3.8) is 0 Å². The normalized spacial score (nSPS) is 10.9. The summed E-state index contributed by atoms with van der Waals surface area (Å²) in [5.41, 5.74) is 1.83. The lowest BCUT2D eigenvalue weighted by molar-refractivity contribution is -0.124. The maximum absolute atomic E-state index is 11.9. The molecular weight excluding hydrogens is 270 g/mol. The van der Waals surface area contributed by atoms with Crippen molar-refractivity contribution >= 4 is 17.5 Å². The van der Waals surface area contributed by atoms with E-state index < -0.39 is 5.97 Å². The third kappa shape index (κ3) is 3.81. The third-order valence-electron chi connectivity index (χ3n) is 2.95. The first-order chi connectivity index (χ1) is 9.97. The largest absolute Gasteiger partial charge is 0.451 e. The zero-order valence-electron chi connectivity index (χ0n) is 12.4. The molecule has 0 bridgehead atoms. The van der Waals surface area contributed by atoms with E-state index in [2.05, 4.69) is 10.3 Å². The van der Waals surface area contributed by atoms with E-state index in [-0.39, 0.29) is 18.2 Å². The van der Waals surface area contributed by atoms with Crippen LogP contribution in [0.3, 0.4) is 0 Å². The summed E-state index contributed by atoms with van der Waals surface area (Å²) in [6.07, 6.45) is 1.61. The Kier molecular flexibility index (Phi) is 4.57. The Hall–Kier alpha value is -2.37. The highest BCUT2D eigenvalue weighted by Gasteiger charge is 2.14. The molecule has 0 unspecified atom stereocenters. The van der Waals surface area contributed by atoms with Crippen molar-refractivity contribution in [2.45, 2.75) is 20.8 Å². The summed E-state index contributed by atoms with van der Waals surface area (Å²) in [6.45, 7) is 6.17. The Morgan fingerprint density at radius 1 is 1.38 bits per heavy atom. The number of pyridine rings is 1. The molecule has 0 atom stereocenters. The van der Waals surface area contributed by atoms with Crippen LogP contribution < -0.4 is 5.32 Å². The maximum atomic E-state index is 11.9. The quantitative estimate of drug-likeness (QED) is 0.848. The standard InChI is InChI=1S/C15H19N3O3/c1-10(2)7-16-14(19)9-21-15(20)12-8-18-11(3)5-4-6-13(18)17-12/h4-6,8,10H,7,9H2,1-3H3,(H,16,19). The second-order valence-electron chi connectivity index (χ2n) is 5.30. The highest BCUT2D eigenvalue weighted by molar-refractivity contribution is 5.90. The molecule has 0 radical (unpaired) electrons. The van der Waals surface area contributed by atoms with Crippen LogP contribution >= 0.6 is 0 Å². The van der Waals surface area contributed by atoms with Gasteiger partial charge < -0.3 is 14.5 Å². The van der Waals surface area contributed by atoms with E-state index in [0.29, 0.717) is 18.1 Å². The van der Waals surface area contributed by atoms with Crippen molar-refractivity contribution in [1.29, 1.82) is 0 Å². The van der Waals surface area contributed by atoms with Gasteiger partial charge in [-0.1, -0.05) is 19.9 Å². The van der Waals surface area contributed by atoms with Gasteiger partial charge in [0.2, 0.25) is 0 Å². The molecule has 2 heterocycles. The summed E-state index contributed by atoms with van der Waals surface area (Å²) in [5, 5.41) is 2.68. The summed E-state index contributed by atoms with van der Waals surface area (Å²) in [7, 11) is 0. The van der Waals surface area contributed by atoms with E-state index in [4.69, 9.17) is 4.74 Å². The number of rotatable bonds is 5. The fourth-order valence-corrected chi connectivity index (χ4v) is 1.82. The van der Waals surface area contributed by atoms with E-state index in [9.17, 15) is 9.59 Å². The highest BCUT2D eigenvalue weighted by Crippen LogP contribution is 2.09. The van der Waals surface area contributed by atoms with Gasteiger partial charge in [-0.25, -0.2) is 9.78 Å². The van der Waals surface area contributed by atoms with Gasteiger partial charge in [0.05, 0.1) is 0 Å². The second kappa shape index (κ2) is 6.39. The molecule has 6 heteroatoms. The predicted octanol–water partition coefficient (Wildman–Crippen LogP) is 1.57. The Balaban J connectivity index is 1.96. The van der Waals surface area contributed by atoms with Gasteiger partial charge in [-0.15, -0.1) is 0 Å². The molecule has 0 saturated heterocycles. The van der Waals surface area contributed by atoms with Gasteiger partial charge >= 0.3 is 5.97 Å². The summed E-state index contributed by atoms with van der Waals surface area (Å²) in [6, 6.07) is 5.59. The van der Waals surface area contributed by atoms with Crippen LogP contribution in [0.5, 0.6) is 0 Å². The molecule has 112 valence electrons. The van der Waals surface area contributed by atoms with Crippen LogP contribution in [-0.4, -0.2) is 34.4 Å². The summed E-state index contributed by atoms with van der Waals surface area (Å²) >= 11 is 0. The smallest absolute Gasteiger partial charge is 0.359 e. The lowest BCUT2D eigenvalue weighted by Crippen LogP contribution is -2.31. The molecule has 1 amide bonds. The third-order valence-corrected chi connectivity index (χ3v) is 2.95. The van der Waals surface area contributed by atoms with Crippen molar-refractivity contribution in [2.24, 2.45) is 5.92 Å². The molecule has 0 aliphatic heterocycles. The first kappa shape index (κ1) is 15.0. The number of hydrogen-bond donors (Lipinski definition) is 1. The fraction of sp³-hybridized carbons (Fsp3) is 0.400. The number of carbonyl (C=O) groups excluding carboxylic acids is 2. The Morgan fingerprint density at radius 2 is 2.14 bits per heavy atom. The van der Waals surface area contributed by atoms with Crippen molar-refractivity contribution in [3.05, 3.63) is 35.8 Å². The molecule has 0 aliphatic rings. The van der Waals surface area contributed by atoms with Crippen LogP contribution in [0, 0.1) is 12.8 Å². The number of ether oxygens (including phenoxy) is 1. The topological polar surface area (TPSA) is 72.7 Å². The number of amides is 1. The number of esters is 1. The van der Waals surface area contributed by atoms with Crippen LogP contribution in [0.2, 0.25) is 0 Å². The average molecular weight is 289 g/mol. The minimum atomic E-state index is -0.599. The van der Waals surface area contributed by atoms with Crippen molar-refractivity contribution in [2.75, 3.05) is 13.2 Å². The van der Waals surface area contributed by atoms with Gasteiger partial charge in [-0.2, -0.15) is 0 Å². The number of nitrogens with zero attached hydrogens (tertiary/aromatic N) is 2. The first-order valence-electron chi connectivity index (χ1n) is 6.86. The molecule has 0 saturated carbocycles. The summed E-state index contributed by atoms with van der Waals surface area (Å²) < 4.78 is 6.77. The van der Waals surface area contributed by atoms with Gasteiger partial charge in [-0.3, -0.25) is 4.79 Å². The summed E-state index contributed by atoms with van der Waals surface area (Å²) in [4.78, 5) is 27.6. The van der Waals surface area contributed by atoms with E-state index in [1.165, 1.54) is 0 Å². The number of hydrogen-bond acceptors (Lipinski definition) is 4. The maximum Gasteiger partial charge on any atom is 0.359 e. The van der Waals surface area contributed by atoms with Crippen molar-refractivity contribution in [1.82, 2.24) is 14.7 Å². The van der Waals surface area contributed by atoms with Gasteiger partial charge in [-0.05, 0) is 25.0 Å². The lowest BCUT2D eigenvalue weighted by atomic mass is 10.2. The Bertz CT molecular complexity index is 661. The highest BCUT2D eigenvalue weighted by atomic mass is 16.5. The van der Waals surface area contributed by atoms with Crippen LogP contribution in [0.25, 0.3) is 5.65 Å². The predicted molar refractivity (Wildman–Crippen MR) is 78.1 cm³/mol. The molecule has 2 aromatic heterocycles. The van der Waals surface area contributed by atoms with Gasteiger partial charge in [0.25, 0.3) is 5.91 Å². The van der Waals surface area contributed by atoms with Crippen LogP contribution in [-0.2, 0) is 9.53 Å². The monoisotopic (exact) mass is 289 g/mol. The minimum absolute atomic E-state index is 0.195. The number of carbonyl (C=O) groups is 2. The number of nitrogens with one attached hydrogen (secondary N) is 1. The van der Waals surface area contributed by atoms with Crippen molar-refractivity contribution < 1.29 is 14.3 Å². The van der Waals surface area contributed by atoms with E-state index in [0.717, 1.165) is 5.69 Å². The lowest BCUT2D eigenvalue weighted by Gasteiger charge is -2.07. The van der Waals surface area contributed by atoms with E-state index >= 15 is 0 Å². The van der Waals surface area contributed by atoms with Gasteiger partial charge in [0, 0.05) is 18.4 Å². The SMILES string of the molecule is Cc1cccc2nc(C(=O)OCC(=O)NCC(C)C)cn12. The zero-order valence-corrected chi connectivity index (χ0v) is 12.4. The Labute approximate surface area is 123 Å². The molecule has 6 nitrogen and oxygen atoms in total. The van der Waals surface area contributed by atoms with E-state index in [1.807, 2.05) is 32.9 Å². The average Bonchev–Trinajstić information content (AvgIpc) is 2.88. The van der Waals surface area contributed by atoms with Crippen LogP contribution in [0.1, 0.15) is 30.0 Å². The molecule has 0 spiro atoms. The molecule has 2 rings (SSSR count). The summed E-state index contributed by atoms with van der Waals surface area (Å²) in [5.74, 6) is -0.555. The molecule has 0 aromatic carbocycles. The second-order valence-corrected chi connectivity index (χ2v) is 5.30. The fourth-order valence-electron chi connectivity index (χ4n) is 1.82. The van der Waals surface area contributed by atoms with Crippen molar-refractivity contribution in [3.8, 4) is 0 Å². The molecule has 21 heavy (non-hydrogen) atoms. The number of aromatic nitrogens is 2. The molecule has 0 fully saturated rings. The van der Waals surface area contributed by atoms with Gasteiger partial charge in [0.1, 0.15) is 5.65 Å². The Morgan fingerprint density at radius 3 is 2.81 bits per heavy atom. The molecular formula is C15H19N3O3. The first-order valence-corrected chi connectivity index (χ1v) is 6.86. The zero-order chi connectivity index (χ0) is 15.4. The molecule has 1 N–H and O–H groups in total. The van der Waals surface area contributed by atoms with Crippen LogP contribution in [0.4, 0.5) is 0 Å². The minimum Gasteiger partial charge on any atom is -0.451 e. The number of imidazole rings is 1. The van der Waals surface area contributed by atoms with E-state index in [1.54, 1.807) is 16.7 Å². The molecule has 0 aliphatic carbocycles. The number of aryl methyl sites for hydroxylation is 1. The van der Waals surface area contributed by atoms with Gasteiger partial charge in [0.15, 0.2) is 12.3 Å². The molecule has 2 aromatic rings.